The van der Waals surface area contributed by atoms with Crippen LogP contribution in [-0.4, -0.2) is 14.4 Å². The lowest BCUT2D eigenvalue weighted by Crippen LogP contribution is -2.12. The van der Waals surface area contributed by atoms with Crippen LogP contribution in [0.1, 0.15) is 11.3 Å². The molecule has 2 aromatic rings. The second-order valence-corrected chi connectivity index (χ2v) is 3.80. The molecular weight excluding hydrogens is 194 g/mol. The van der Waals surface area contributed by atoms with Crippen LogP contribution in [-0.2, 0) is 6.42 Å². The Bertz CT molecular complexity index is 487. The van der Waals surface area contributed by atoms with Gasteiger partial charge < -0.3 is 10.1 Å². The smallest absolute Gasteiger partial charge is 0.139 e. The van der Waals surface area contributed by atoms with Gasteiger partial charge in [-0.3, -0.25) is 0 Å². The van der Waals surface area contributed by atoms with Gasteiger partial charge in [0.1, 0.15) is 5.65 Å². The Balaban J connectivity index is 2.58. The standard InChI is InChI=1S/C10H11N3S/c1-7-3-2-4-13-8(5-9(11)14)6-12-10(7)13/h2-4,6H,5H2,1H3,(H2,11,14). The number of aryl methyl sites for hydroxylation is 1. The van der Waals surface area contributed by atoms with Crippen molar-refractivity contribution in [3.05, 3.63) is 35.8 Å². The first-order valence-corrected chi connectivity index (χ1v) is 4.79. The Kier molecular flexibility index (Phi) is 2.21. The lowest BCUT2D eigenvalue weighted by atomic mass is 10.3. The zero-order valence-electron chi connectivity index (χ0n) is 7.90. The molecule has 0 spiro atoms. The third-order valence-corrected chi connectivity index (χ3v) is 2.31. The number of nitrogens with zero attached hydrogens (tertiary/aromatic N) is 2. The highest BCUT2D eigenvalue weighted by atomic mass is 32.1. The van der Waals surface area contributed by atoms with Crippen LogP contribution < -0.4 is 5.73 Å². The molecule has 0 aromatic carbocycles. The SMILES string of the molecule is Cc1cccn2c(CC(N)=S)cnc12. The predicted octanol–water partition coefficient (Wildman–Crippen LogP) is 1.47. The highest BCUT2D eigenvalue weighted by molar-refractivity contribution is 7.80. The van der Waals surface area contributed by atoms with Gasteiger partial charge in [-0.2, -0.15) is 0 Å². The van der Waals surface area contributed by atoms with E-state index in [4.69, 9.17) is 18.0 Å². The molecule has 0 radical (unpaired) electrons. The maximum absolute atomic E-state index is 5.50. The van der Waals surface area contributed by atoms with Crippen molar-refractivity contribution < 1.29 is 0 Å². The van der Waals surface area contributed by atoms with Gasteiger partial charge in [0.25, 0.3) is 0 Å². The van der Waals surface area contributed by atoms with Crippen molar-refractivity contribution >= 4 is 22.9 Å². The summed E-state index contributed by atoms with van der Waals surface area (Å²) >= 11 is 4.88. The summed E-state index contributed by atoms with van der Waals surface area (Å²) in [4.78, 5) is 4.81. The number of nitrogens with two attached hydrogens (primary N) is 1. The lowest BCUT2D eigenvalue weighted by molar-refractivity contribution is 1.06. The van der Waals surface area contributed by atoms with E-state index < -0.39 is 0 Å². The average Bonchev–Trinajstić information content (AvgIpc) is 2.49. The molecule has 0 fully saturated rings. The zero-order chi connectivity index (χ0) is 10.1. The highest BCUT2D eigenvalue weighted by Crippen LogP contribution is 2.11. The summed E-state index contributed by atoms with van der Waals surface area (Å²) in [6.07, 6.45) is 4.39. The van der Waals surface area contributed by atoms with Gasteiger partial charge in [0.05, 0.1) is 4.99 Å². The van der Waals surface area contributed by atoms with E-state index in [2.05, 4.69) is 4.98 Å². The number of hydrogen-bond acceptors (Lipinski definition) is 2. The summed E-state index contributed by atoms with van der Waals surface area (Å²) in [5.74, 6) is 0. The number of aromatic nitrogens is 2. The zero-order valence-corrected chi connectivity index (χ0v) is 8.71. The molecule has 72 valence electrons. The Morgan fingerprint density at radius 2 is 2.43 bits per heavy atom. The summed E-state index contributed by atoms with van der Waals surface area (Å²) in [7, 11) is 0. The molecule has 3 nitrogen and oxygen atoms in total. The molecule has 0 saturated carbocycles. The molecule has 2 rings (SSSR count). The molecule has 0 amide bonds. The van der Waals surface area contributed by atoms with Crippen molar-refractivity contribution in [1.82, 2.24) is 9.38 Å². The number of fused-ring (bicyclic) bond motifs is 1. The Morgan fingerprint density at radius 1 is 1.64 bits per heavy atom. The molecular formula is C10H11N3S. The number of rotatable bonds is 2. The minimum atomic E-state index is 0.494. The average molecular weight is 205 g/mol. The Labute approximate surface area is 87.6 Å². The van der Waals surface area contributed by atoms with Crippen LogP contribution in [0.2, 0.25) is 0 Å². The number of hydrogen-bond donors (Lipinski definition) is 1. The first kappa shape index (κ1) is 9.15. The van der Waals surface area contributed by atoms with Gasteiger partial charge in [-0.15, -0.1) is 0 Å². The van der Waals surface area contributed by atoms with Crippen molar-refractivity contribution in [2.24, 2.45) is 5.73 Å². The van der Waals surface area contributed by atoms with Crippen LogP contribution in [0.5, 0.6) is 0 Å². The molecule has 0 unspecified atom stereocenters. The lowest BCUT2D eigenvalue weighted by Gasteiger charge is -2.01. The third kappa shape index (κ3) is 1.48. The molecule has 0 aliphatic rings. The molecule has 0 aliphatic heterocycles. The fraction of sp³-hybridized carbons (Fsp3) is 0.200. The maximum atomic E-state index is 5.50. The van der Waals surface area contributed by atoms with Crippen molar-refractivity contribution in [1.29, 1.82) is 0 Å². The minimum absolute atomic E-state index is 0.494. The fourth-order valence-corrected chi connectivity index (χ4v) is 1.66. The number of imidazole rings is 1. The predicted molar refractivity (Wildman–Crippen MR) is 60.4 cm³/mol. The largest absolute Gasteiger partial charge is 0.393 e. The van der Waals surface area contributed by atoms with Crippen molar-refractivity contribution in [2.75, 3.05) is 0 Å². The van der Waals surface area contributed by atoms with E-state index in [1.807, 2.05) is 35.9 Å². The topological polar surface area (TPSA) is 43.3 Å². The summed E-state index contributed by atoms with van der Waals surface area (Å²) in [5.41, 5.74) is 8.67. The minimum Gasteiger partial charge on any atom is -0.393 e. The van der Waals surface area contributed by atoms with Crippen molar-refractivity contribution in [2.45, 2.75) is 13.3 Å². The van der Waals surface area contributed by atoms with Gasteiger partial charge in [0.15, 0.2) is 0 Å². The molecule has 0 atom stereocenters. The normalized spacial score (nSPS) is 10.6. The molecule has 4 heteroatoms. The third-order valence-electron chi connectivity index (χ3n) is 2.16. The molecule has 2 heterocycles. The first-order valence-electron chi connectivity index (χ1n) is 4.38. The van der Waals surface area contributed by atoms with E-state index in [1.165, 1.54) is 0 Å². The maximum Gasteiger partial charge on any atom is 0.139 e. The van der Waals surface area contributed by atoms with Crippen LogP contribution in [0, 0.1) is 6.92 Å². The molecule has 2 N–H and O–H groups in total. The van der Waals surface area contributed by atoms with E-state index in [1.54, 1.807) is 0 Å². The Morgan fingerprint density at radius 3 is 3.14 bits per heavy atom. The Hall–Kier alpha value is -1.42. The number of pyridine rings is 1. The van der Waals surface area contributed by atoms with Crippen LogP contribution in [0.25, 0.3) is 5.65 Å². The van der Waals surface area contributed by atoms with E-state index in [9.17, 15) is 0 Å². The fourth-order valence-electron chi connectivity index (χ4n) is 1.51. The molecule has 0 aliphatic carbocycles. The monoisotopic (exact) mass is 205 g/mol. The van der Waals surface area contributed by atoms with E-state index in [0.29, 0.717) is 11.4 Å². The quantitative estimate of drug-likeness (QED) is 0.755. The molecule has 0 saturated heterocycles. The van der Waals surface area contributed by atoms with Crippen molar-refractivity contribution in [3.63, 3.8) is 0 Å². The van der Waals surface area contributed by atoms with E-state index in [-0.39, 0.29) is 0 Å². The van der Waals surface area contributed by atoms with Gasteiger partial charge in [-0.05, 0) is 18.6 Å². The van der Waals surface area contributed by atoms with Crippen LogP contribution in [0.3, 0.4) is 0 Å². The second-order valence-electron chi connectivity index (χ2n) is 3.28. The molecule has 0 bridgehead atoms. The van der Waals surface area contributed by atoms with Gasteiger partial charge in [0, 0.05) is 24.5 Å². The van der Waals surface area contributed by atoms with Gasteiger partial charge in [-0.1, -0.05) is 18.3 Å². The molecule has 14 heavy (non-hydrogen) atoms. The van der Waals surface area contributed by atoms with Crippen LogP contribution in [0.15, 0.2) is 24.5 Å². The van der Waals surface area contributed by atoms with E-state index in [0.717, 1.165) is 16.9 Å². The summed E-state index contributed by atoms with van der Waals surface area (Å²) in [6, 6.07) is 4.03. The number of thiocarbonyl (C=S) groups is 1. The van der Waals surface area contributed by atoms with Crippen molar-refractivity contribution in [3.8, 4) is 0 Å². The van der Waals surface area contributed by atoms with Gasteiger partial charge in [-0.25, -0.2) is 4.98 Å². The second kappa shape index (κ2) is 3.38. The van der Waals surface area contributed by atoms with E-state index >= 15 is 0 Å². The van der Waals surface area contributed by atoms with Crippen LogP contribution in [0.4, 0.5) is 0 Å². The highest BCUT2D eigenvalue weighted by Gasteiger charge is 2.04. The summed E-state index contributed by atoms with van der Waals surface area (Å²) in [6.45, 7) is 2.03. The summed E-state index contributed by atoms with van der Waals surface area (Å²) < 4.78 is 2.02. The first-order chi connectivity index (χ1) is 6.68. The van der Waals surface area contributed by atoms with Crippen LogP contribution >= 0.6 is 12.2 Å². The summed E-state index contributed by atoms with van der Waals surface area (Å²) in [5, 5.41) is 0. The molecule has 2 aromatic heterocycles. The van der Waals surface area contributed by atoms with Gasteiger partial charge in [0.2, 0.25) is 0 Å². The van der Waals surface area contributed by atoms with Gasteiger partial charge >= 0.3 is 0 Å².